The van der Waals surface area contributed by atoms with Crippen molar-refractivity contribution < 1.29 is 18.7 Å². The summed E-state index contributed by atoms with van der Waals surface area (Å²) in [6.07, 6.45) is 5.67. The SMILES string of the molecule is O=C(O)c1coc(CN(CCc2c[nH]c3ccccc23)Cc2ccco2)n1. The van der Waals surface area contributed by atoms with Crippen LogP contribution in [-0.2, 0) is 19.5 Å². The molecule has 0 saturated heterocycles. The normalized spacial score (nSPS) is 11.4. The molecule has 0 bridgehead atoms. The predicted octanol–water partition coefficient (Wildman–Crippen LogP) is 3.69. The number of furan rings is 1. The fraction of sp³-hybridized carbons (Fsp3) is 0.200. The van der Waals surface area contributed by atoms with Gasteiger partial charge in [-0.05, 0) is 30.2 Å². The lowest BCUT2D eigenvalue weighted by Gasteiger charge is -2.19. The summed E-state index contributed by atoms with van der Waals surface area (Å²) < 4.78 is 10.8. The molecule has 0 aliphatic rings. The highest BCUT2D eigenvalue weighted by molar-refractivity contribution is 5.84. The van der Waals surface area contributed by atoms with Crippen molar-refractivity contribution in [2.24, 2.45) is 0 Å². The zero-order chi connectivity index (χ0) is 18.6. The molecule has 0 unspecified atom stereocenters. The maximum absolute atomic E-state index is 11.0. The van der Waals surface area contributed by atoms with E-state index < -0.39 is 5.97 Å². The van der Waals surface area contributed by atoms with Crippen molar-refractivity contribution in [1.29, 1.82) is 0 Å². The Hall–Kier alpha value is -3.32. The molecule has 138 valence electrons. The Kier molecular flexibility index (Phi) is 4.76. The fourth-order valence-corrected chi connectivity index (χ4v) is 3.13. The van der Waals surface area contributed by atoms with Crippen LogP contribution in [0.25, 0.3) is 10.9 Å². The van der Waals surface area contributed by atoms with Crippen LogP contribution in [-0.4, -0.2) is 32.5 Å². The fourth-order valence-electron chi connectivity index (χ4n) is 3.13. The number of nitrogens with zero attached hydrogens (tertiary/aromatic N) is 2. The van der Waals surface area contributed by atoms with E-state index in [1.807, 2.05) is 30.5 Å². The second-order valence-corrected chi connectivity index (χ2v) is 6.33. The Morgan fingerprint density at radius 1 is 1.15 bits per heavy atom. The third-order valence-corrected chi connectivity index (χ3v) is 4.46. The number of carboxylic acids is 1. The summed E-state index contributed by atoms with van der Waals surface area (Å²) >= 11 is 0. The van der Waals surface area contributed by atoms with Gasteiger partial charge in [0.25, 0.3) is 0 Å². The van der Waals surface area contributed by atoms with Crippen molar-refractivity contribution in [2.75, 3.05) is 6.54 Å². The van der Waals surface area contributed by atoms with Crippen molar-refractivity contribution in [2.45, 2.75) is 19.5 Å². The van der Waals surface area contributed by atoms with Crippen molar-refractivity contribution in [3.8, 4) is 0 Å². The molecule has 0 aliphatic carbocycles. The van der Waals surface area contributed by atoms with Gasteiger partial charge in [-0.2, -0.15) is 0 Å². The summed E-state index contributed by atoms with van der Waals surface area (Å²) in [5.41, 5.74) is 2.26. The van der Waals surface area contributed by atoms with Gasteiger partial charge in [-0.1, -0.05) is 18.2 Å². The molecule has 0 radical (unpaired) electrons. The number of benzene rings is 1. The molecule has 0 amide bonds. The van der Waals surface area contributed by atoms with Crippen molar-refractivity contribution in [1.82, 2.24) is 14.9 Å². The molecule has 0 saturated carbocycles. The number of carboxylic acid groups (broad SMARTS) is 1. The topological polar surface area (TPSA) is 95.5 Å². The van der Waals surface area contributed by atoms with Gasteiger partial charge in [0.2, 0.25) is 5.89 Å². The van der Waals surface area contributed by atoms with Crippen LogP contribution < -0.4 is 0 Å². The standard InChI is InChI=1S/C20H19N3O4/c24-20(25)18-13-27-19(22-18)12-23(11-15-4-3-9-26-15)8-7-14-10-21-17-6-2-1-5-16(14)17/h1-6,9-10,13,21H,7-8,11-12H2,(H,24,25). The average Bonchev–Trinajstić information content (AvgIpc) is 3.41. The molecule has 0 spiro atoms. The monoisotopic (exact) mass is 365 g/mol. The van der Waals surface area contributed by atoms with E-state index >= 15 is 0 Å². The number of hydrogen-bond acceptors (Lipinski definition) is 5. The lowest BCUT2D eigenvalue weighted by atomic mass is 10.1. The first kappa shape index (κ1) is 17.1. The van der Waals surface area contributed by atoms with E-state index in [1.165, 1.54) is 17.2 Å². The molecule has 2 N–H and O–H groups in total. The lowest BCUT2D eigenvalue weighted by molar-refractivity contribution is 0.0690. The molecule has 7 nitrogen and oxygen atoms in total. The van der Waals surface area contributed by atoms with Crippen molar-refractivity contribution in [3.63, 3.8) is 0 Å². The number of fused-ring (bicyclic) bond motifs is 1. The number of aromatic nitrogens is 2. The third-order valence-electron chi connectivity index (χ3n) is 4.46. The van der Waals surface area contributed by atoms with Gasteiger partial charge < -0.3 is 18.9 Å². The summed E-state index contributed by atoms with van der Waals surface area (Å²) in [5, 5.41) is 10.2. The Morgan fingerprint density at radius 2 is 2.04 bits per heavy atom. The smallest absolute Gasteiger partial charge is 0.357 e. The predicted molar refractivity (Wildman–Crippen MR) is 98.3 cm³/mol. The Balaban J connectivity index is 1.49. The summed E-state index contributed by atoms with van der Waals surface area (Å²) in [4.78, 5) is 20.4. The first-order valence-electron chi connectivity index (χ1n) is 8.66. The summed E-state index contributed by atoms with van der Waals surface area (Å²) in [5.74, 6) is 0.109. The zero-order valence-electron chi connectivity index (χ0n) is 14.6. The Bertz CT molecular complexity index is 1030. The van der Waals surface area contributed by atoms with Gasteiger partial charge in [0.15, 0.2) is 5.69 Å². The minimum Gasteiger partial charge on any atom is -0.476 e. The average molecular weight is 365 g/mol. The van der Waals surface area contributed by atoms with Crippen LogP contribution in [0.2, 0.25) is 0 Å². The second kappa shape index (κ2) is 7.51. The first-order valence-corrected chi connectivity index (χ1v) is 8.66. The number of rotatable bonds is 8. The van der Waals surface area contributed by atoms with Gasteiger partial charge in [-0.25, -0.2) is 9.78 Å². The summed E-state index contributed by atoms with van der Waals surface area (Å²) in [6.45, 7) is 1.73. The van der Waals surface area contributed by atoms with Gasteiger partial charge in [-0.15, -0.1) is 0 Å². The quantitative estimate of drug-likeness (QED) is 0.494. The van der Waals surface area contributed by atoms with Gasteiger partial charge in [0.1, 0.15) is 12.0 Å². The van der Waals surface area contributed by atoms with Crippen LogP contribution in [0.4, 0.5) is 0 Å². The van der Waals surface area contributed by atoms with E-state index in [2.05, 4.69) is 27.0 Å². The van der Waals surface area contributed by atoms with Crippen molar-refractivity contribution >= 4 is 16.9 Å². The molecular weight excluding hydrogens is 346 g/mol. The summed E-state index contributed by atoms with van der Waals surface area (Å²) in [7, 11) is 0. The highest BCUT2D eigenvalue weighted by atomic mass is 16.4. The molecule has 4 rings (SSSR count). The van der Waals surface area contributed by atoms with Gasteiger partial charge >= 0.3 is 5.97 Å². The van der Waals surface area contributed by atoms with Gasteiger partial charge in [0.05, 0.1) is 19.4 Å². The van der Waals surface area contributed by atoms with Crippen LogP contribution in [0, 0.1) is 0 Å². The Labute approximate surface area is 155 Å². The molecule has 0 atom stereocenters. The molecule has 3 heterocycles. The number of carbonyl (C=O) groups is 1. The number of oxazole rings is 1. The van der Waals surface area contributed by atoms with Crippen LogP contribution >= 0.6 is 0 Å². The molecule has 0 fully saturated rings. The zero-order valence-corrected chi connectivity index (χ0v) is 14.6. The van der Waals surface area contributed by atoms with Crippen molar-refractivity contribution in [3.05, 3.63) is 78.0 Å². The number of hydrogen-bond donors (Lipinski definition) is 2. The molecule has 27 heavy (non-hydrogen) atoms. The largest absolute Gasteiger partial charge is 0.476 e. The number of nitrogens with one attached hydrogen (secondary N) is 1. The first-order chi connectivity index (χ1) is 13.2. The molecule has 0 aliphatic heterocycles. The molecular formula is C20H19N3O4. The third kappa shape index (κ3) is 3.93. The molecule has 7 heteroatoms. The minimum atomic E-state index is -1.10. The molecule has 1 aromatic carbocycles. The molecule has 4 aromatic rings. The van der Waals surface area contributed by atoms with Crippen LogP contribution in [0.15, 0.2) is 64.0 Å². The maximum Gasteiger partial charge on any atom is 0.357 e. The van der Waals surface area contributed by atoms with E-state index in [9.17, 15) is 4.79 Å². The number of H-pyrrole nitrogens is 1. The highest BCUT2D eigenvalue weighted by Gasteiger charge is 2.16. The molecule has 3 aromatic heterocycles. The van der Waals surface area contributed by atoms with Crippen LogP contribution in [0.5, 0.6) is 0 Å². The van der Waals surface area contributed by atoms with Crippen LogP contribution in [0.3, 0.4) is 0 Å². The second-order valence-electron chi connectivity index (χ2n) is 6.33. The van der Waals surface area contributed by atoms with E-state index in [0.717, 1.165) is 24.2 Å². The Morgan fingerprint density at radius 3 is 2.81 bits per heavy atom. The highest BCUT2D eigenvalue weighted by Crippen LogP contribution is 2.19. The van der Waals surface area contributed by atoms with E-state index in [0.29, 0.717) is 19.0 Å². The lowest BCUT2D eigenvalue weighted by Crippen LogP contribution is -2.25. The minimum absolute atomic E-state index is 0.0837. The van der Waals surface area contributed by atoms with E-state index in [4.69, 9.17) is 13.9 Å². The van der Waals surface area contributed by atoms with E-state index in [-0.39, 0.29) is 5.69 Å². The maximum atomic E-state index is 11.0. The van der Waals surface area contributed by atoms with Gasteiger partial charge in [-0.3, -0.25) is 4.90 Å². The number of aromatic amines is 1. The number of aromatic carboxylic acids is 1. The van der Waals surface area contributed by atoms with E-state index in [1.54, 1.807) is 6.26 Å². The van der Waals surface area contributed by atoms with Gasteiger partial charge in [0, 0.05) is 23.6 Å². The summed E-state index contributed by atoms with van der Waals surface area (Å²) in [6, 6.07) is 12.0. The van der Waals surface area contributed by atoms with Crippen LogP contribution in [0.1, 0.15) is 27.7 Å². The number of para-hydroxylation sites is 1.